The van der Waals surface area contributed by atoms with Crippen LogP contribution < -0.4 is 10.1 Å². The van der Waals surface area contributed by atoms with Crippen molar-refractivity contribution in [1.82, 2.24) is 5.32 Å². The highest BCUT2D eigenvalue weighted by Gasteiger charge is 2.34. The third-order valence-corrected chi connectivity index (χ3v) is 2.67. The van der Waals surface area contributed by atoms with E-state index in [-0.39, 0.29) is 19.0 Å². The molecule has 1 aromatic carbocycles. The molecule has 0 heterocycles. The Morgan fingerprint density at radius 3 is 2.65 bits per heavy atom. The fourth-order valence-corrected chi connectivity index (χ4v) is 1.69. The van der Waals surface area contributed by atoms with Crippen molar-refractivity contribution in [2.45, 2.75) is 32.5 Å². The van der Waals surface area contributed by atoms with Crippen LogP contribution in [0.2, 0.25) is 0 Å². The van der Waals surface area contributed by atoms with Crippen molar-refractivity contribution in [3.05, 3.63) is 29.3 Å². The Labute approximate surface area is 116 Å². The maximum atomic E-state index is 13.0. The molecule has 0 saturated heterocycles. The quantitative estimate of drug-likeness (QED) is 0.724. The standard InChI is InChI=1S/C14H20F3NO2/c1-2-6-18-10-11-4-5-13(20-8-3-7-19)12(9-11)14(15,16)17/h4-5,9,18-19H,2-3,6-8,10H2,1H3. The van der Waals surface area contributed by atoms with Crippen LogP contribution in [-0.2, 0) is 12.7 Å². The normalized spacial score (nSPS) is 11.7. The van der Waals surface area contributed by atoms with E-state index in [1.54, 1.807) is 6.07 Å². The lowest BCUT2D eigenvalue weighted by Gasteiger charge is -2.15. The number of alkyl halides is 3. The summed E-state index contributed by atoms with van der Waals surface area (Å²) in [7, 11) is 0. The number of nitrogens with one attached hydrogen (secondary N) is 1. The summed E-state index contributed by atoms with van der Waals surface area (Å²) >= 11 is 0. The van der Waals surface area contributed by atoms with Gasteiger partial charge in [-0.3, -0.25) is 0 Å². The maximum absolute atomic E-state index is 13.0. The Hall–Kier alpha value is -1.27. The molecule has 3 nitrogen and oxygen atoms in total. The summed E-state index contributed by atoms with van der Waals surface area (Å²) in [5.74, 6) is -0.190. The molecule has 0 aliphatic heterocycles. The molecule has 1 rings (SSSR count). The Morgan fingerprint density at radius 1 is 1.30 bits per heavy atom. The van der Waals surface area contributed by atoms with Crippen LogP contribution in [0.1, 0.15) is 30.9 Å². The second kappa shape index (κ2) is 8.11. The van der Waals surface area contributed by atoms with Gasteiger partial charge in [-0.05, 0) is 30.7 Å². The highest BCUT2D eigenvalue weighted by atomic mass is 19.4. The lowest BCUT2D eigenvalue weighted by molar-refractivity contribution is -0.139. The van der Waals surface area contributed by atoms with E-state index in [1.807, 2.05) is 6.92 Å². The van der Waals surface area contributed by atoms with Gasteiger partial charge in [0.1, 0.15) is 5.75 Å². The van der Waals surface area contributed by atoms with Crippen molar-refractivity contribution >= 4 is 0 Å². The van der Waals surface area contributed by atoms with Gasteiger partial charge < -0.3 is 15.2 Å². The van der Waals surface area contributed by atoms with E-state index < -0.39 is 11.7 Å². The zero-order valence-corrected chi connectivity index (χ0v) is 11.5. The summed E-state index contributed by atoms with van der Waals surface area (Å²) in [5, 5.41) is 11.7. The molecule has 0 spiro atoms. The second-order valence-corrected chi connectivity index (χ2v) is 4.43. The molecule has 0 radical (unpaired) electrons. The van der Waals surface area contributed by atoms with E-state index in [1.165, 1.54) is 6.07 Å². The number of aliphatic hydroxyl groups is 1. The minimum absolute atomic E-state index is 0.0625. The van der Waals surface area contributed by atoms with Crippen LogP contribution >= 0.6 is 0 Å². The molecule has 0 aliphatic carbocycles. The molecule has 0 aromatic heterocycles. The fourth-order valence-electron chi connectivity index (χ4n) is 1.69. The van der Waals surface area contributed by atoms with Crippen LogP contribution in [0.15, 0.2) is 18.2 Å². The molecule has 0 bridgehead atoms. The Morgan fingerprint density at radius 2 is 2.05 bits per heavy atom. The van der Waals surface area contributed by atoms with Gasteiger partial charge in [-0.2, -0.15) is 13.2 Å². The van der Waals surface area contributed by atoms with Crippen molar-refractivity contribution in [3.8, 4) is 5.75 Å². The van der Waals surface area contributed by atoms with Crippen molar-refractivity contribution in [1.29, 1.82) is 0 Å². The van der Waals surface area contributed by atoms with Gasteiger partial charge in [0, 0.05) is 19.6 Å². The van der Waals surface area contributed by atoms with Crippen LogP contribution in [0.25, 0.3) is 0 Å². The zero-order chi connectivity index (χ0) is 15.0. The third-order valence-electron chi connectivity index (χ3n) is 2.67. The predicted octanol–water partition coefficient (Wildman–Crippen LogP) is 2.97. The van der Waals surface area contributed by atoms with Crippen molar-refractivity contribution < 1.29 is 23.0 Å². The Kier molecular flexibility index (Phi) is 6.81. The van der Waals surface area contributed by atoms with E-state index in [4.69, 9.17) is 9.84 Å². The summed E-state index contributed by atoms with van der Waals surface area (Å²) in [6.07, 6.45) is -3.22. The number of halogens is 3. The number of hydrogen-bond acceptors (Lipinski definition) is 3. The van der Waals surface area contributed by atoms with Gasteiger partial charge >= 0.3 is 6.18 Å². The minimum atomic E-state index is -4.45. The van der Waals surface area contributed by atoms with Gasteiger partial charge in [0.25, 0.3) is 0 Å². The minimum Gasteiger partial charge on any atom is -0.493 e. The maximum Gasteiger partial charge on any atom is 0.419 e. The van der Waals surface area contributed by atoms with Crippen molar-refractivity contribution in [2.24, 2.45) is 0 Å². The molecule has 114 valence electrons. The molecular weight excluding hydrogens is 271 g/mol. The van der Waals surface area contributed by atoms with Gasteiger partial charge in [0.15, 0.2) is 0 Å². The summed E-state index contributed by atoms with van der Waals surface area (Å²) in [6.45, 7) is 3.10. The van der Waals surface area contributed by atoms with Gasteiger partial charge in [0.05, 0.1) is 12.2 Å². The van der Waals surface area contributed by atoms with Gasteiger partial charge in [-0.25, -0.2) is 0 Å². The molecule has 0 atom stereocenters. The van der Waals surface area contributed by atoms with E-state index in [9.17, 15) is 13.2 Å². The second-order valence-electron chi connectivity index (χ2n) is 4.43. The fraction of sp³-hybridized carbons (Fsp3) is 0.571. The van der Waals surface area contributed by atoms with E-state index in [0.717, 1.165) is 19.0 Å². The van der Waals surface area contributed by atoms with Gasteiger partial charge in [-0.1, -0.05) is 13.0 Å². The number of benzene rings is 1. The van der Waals surface area contributed by atoms with Crippen molar-refractivity contribution in [3.63, 3.8) is 0 Å². The Balaban J connectivity index is 2.83. The van der Waals surface area contributed by atoms with Crippen LogP contribution in [0.4, 0.5) is 13.2 Å². The first-order valence-electron chi connectivity index (χ1n) is 6.63. The van der Waals surface area contributed by atoms with E-state index in [2.05, 4.69) is 5.32 Å². The first-order chi connectivity index (χ1) is 9.49. The van der Waals surface area contributed by atoms with E-state index >= 15 is 0 Å². The SMILES string of the molecule is CCCNCc1ccc(OCCCO)c(C(F)(F)F)c1. The molecular formula is C14H20F3NO2. The molecule has 1 aromatic rings. The molecule has 0 saturated carbocycles. The molecule has 0 fully saturated rings. The average molecular weight is 291 g/mol. The monoisotopic (exact) mass is 291 g/mol. The highest BCUT2D eigenvalue weighted by Crippen LogP contribution is 2.36. The number of rotatable bonds is 8. The summed E-state index contributed by atoms with van der Waals surface area (Å²) in [5.41, 5.74) is -0.202. The largest absolute Gasteiger partial charge is 0.493 e. The molecule has 2 N–H and O–H groups in total. The molecule has 0 aliphatic rings. The van der Waals surface area contributed by atoms with Crippen LogP contribution in [0.5, 0.6) is 5.75 Å². The predicted molar refractivity (Wildman–Crippen MR) is 70.6 cm³/mol. The smallest absolute Gasteiger partial charge is 0.419 e. The number of aliphatic hydroxyl groups excluding tert-OH is 1. The number of hydrogen-bond donors (Lipinski definition) is 2. The summed E-state index contributed by atoms with van der Waals surface area (Å²) in [6, 6.07) is 4.06. The summed E-state index contributed by atoms with van der Waals surface area (Å²) < 4.78 is 44.0. The number of ether oxygens (including phenoxy) is 1. The van der Waals surface area contributed by atoms with E-state index in [0.29, 0.717) is 18.5 Å². The van der Waals surface area contributed by atoms with Crippen LogP contribution in [-0.4, -0.2) is 24.9 Å². The zero-order valence-electron chi connectivity index (χ0n) is 11.5. The van der Waals surface area contributed by atoms with Crippen molar-refractivity contribution in [2.75, 3.05) is 19.8 Å². The van der Waals surface area contributed by atoms with Crippen LogP contribution in [0.3, 0.4) is 0 Å². The molecule has 0 unspecified atom stereocenters. The summed E-state index contributed by atoms with van der Waals surface area (Å²) in [4.78, 5) is 0. The Bertz CT molecular complexity index is 408. The lowest BCUT2D eigenvalue weighted by atomic mass is 10.1. The first kappa shape index (κ1) is 16.8. The molecule has 0 amide bonds. The highest BCUT2D eigenvalue weighted by molar-refractivity contribution is 5.39. The first-order valence-corrected chi connectivity index (χ1v) is 6.63. The third kappa shape index (κ3) is 5.38. The van der Waals surface area contributed by atoms with Crippen LogP contribution in [0, 0.1) is 0 Å². The lowest BCUT2D eigenvalue weighted by Crippen LogP contribution is -2.15. The molecule has 20 heavy (non-hydrogen) atoms. The van der Waals surface area contributed by atoms with Gasteiger partial charge in [0.2, 0.25) is 0 Å². The van der Waals surface area contributed by atoms with Gasteiger partial charge in [-0.15, -0.1) is 0 Å². The molecule has 6 heteroatoms. The topological polar surface area (TPSA) is 41.5 Å². The average Bonchev–Trinajstić information content (AvgIpc) is 2.39.